The number of halogens is 1. The molecule has 2 aromatic rings. The molecule has 0 aromatic carbocycles. The van der Waals surface area contributed by atoms with Gasteiger partial charge in [0.05, 0.1) is 13.3 Å². The second kappa shape index (κ2) is 3.73. The fourth-order valence-electron chi connectivity index (χ4n) is 1.33. The zero-order chi connectivity index (χ0) is 11.7. The van der Waals surface area contributed by atoms with E-state index in [1.807, 2.05) is 0 Å². The van der Waals surface area contributed by atoms with Crippen molar-refractivity contribution in [3.63, 3.8) is 0 Å². The molecule has 2 rings (SSSR count). The van der Waals surface area contributed by atoms with Crippen LogP contribution >= 0.6 is 0 Å². The second-order valence-corrected chi connectivity index (χ2v) is 3.05. The van der Waals surface area contributed by atoms with E-state index in [-0.39, 0.29) is 17.1 Å². The second-order valence-electron chi connectivity index (χ2n) is 3.05. The minimum atomic E-state index is -1.18. The maximum absolute atomic E-state index is 12.9. The summed E-state index contributed by atoms with van der Waals surface area (Å²) in [5, 5.41) is 9.21. The van der Waals surface area contributed by atoms with Crippen LogP contribution in [-0.4, -0.2) is 28.2 Å². The largest absolute Gasteiger partial charge is 0.480 e. The van der Waals surface area contributed by atoms with Crippen LogP contribution in [-0.2, 0) is 0 Å². The highest BCUT2D eigenvalue weighted by atomic mass is 19.1. The molecule has 0 radical (unpaired) electrons. The van der Waals surface area contributed by atoms with Crippen LogP contribution in [0.2, 0.25) is 0 Å². The summed E-state index contributed by atoms with van der Waals surface area (Å²) in [5.41, 5.74) is 0.116. The van der Waals surface area contributed by atoms with Crippen LogP contribution in [0.25, 0.3) is 11.0 Å². The van der Waals surface area contributed by atoms with E-state index in [2.05, 4.69) is 9.97 Å². The number of hydrogen-bond acceptors (Lipinski definition) is 4. The highest BCUT2D eigenvalue weighted by Crippen LogP contribution is 2.21. The fraction of sp³-hybridized carbons (Fsp3) is 0.100. The van der Waals surface area contributed by atoms with E-state index in [0.717, 1.165) is 6.20 Å². The van der Waals surface area contributed by atoms with E-state index in [1.165, 1.54) is 19.2 Å². The maximum Gasteiger partial charge on any atom is 0.341 e. The van der Waals surface area contributed by atoms with Crippen molar-refractivity contribution < 1.29 is 19.0 Å². The van der Waals surface area contributed by atoms with Gasteiger partial charge in [-0.2, -0.15) is 4.98 Å². The Bertz CT molecular complexity index is 571. The number of ether oxygens (including phenoxy) is 1. The van der Waals surface area contributed by atoms with Gasteiger partial charge in [0.1, 0.15) is 11.4 Å². The predicted molar refractivity (Wildman–Crippen MR) is 53.0 cm³/mol. The lowest BCUT2D eigenvalue weighted by Crippen LogP contribution is -2.03. The highest BCUT2D eigenvalue weighted by Gasteiger charge is 2.14. The number of rotatable bonds is 2. The zero-order valence-corrected chi connectivity index (χ0v) is 8.27. The van der Waals surface area contributed by atoms with Crippen LogP contribution in [0.3, 0.4) is 0 Å². The average molecular weight is 222 g/mol. The van der Waals surface area contributed by atoms with Crippen molar-refractivity contribution >= 4 is 17.0 Å². The molecular weight excluding hydrogens is 215 g/mol. The lowest BCUT2D eigenvalue weighted by Gasteiger charge is -2.05. The SMILES string of the molecule is COc1nc2ncc(F)cc2cc1C(=O)O. The van der Waals surface area contributed by atoms with Gasteiger partial charge in [0.2, 0.25) is 5.88 Å². The number of methoxy groups -OCH3 is 1. The first-order chi connectivity index (χ1) is 7.61. The molecule has 0 aliphatic heterocycles. The molecule has 6 heteroatoms. The van der Waals surface area contributed by atoms with E-state index in [4.69, 9.17) is 9.84 Å². The number of carboxylic acids is 1. The maximum atomic E-state index is 12.9. The molecule has 0 bridgehead atoms. The normalized spacial score (nSPS) is 10.4. The highest BCUT2D eigenvalue weighted by molar-refractivity contribution is 5.94. The number of fused-ring (bicyclic) bond motifs is 1. The molecule has 0 atom stereocenters. The van der Waals surface area contributed by atoms with Gasteiger partial charge in [0.15, 0.2) is 5.65 Å². The molecule has 2 heterocycles. The predicted octanol–water partition coefficient (Wildman–Crippen LogP) is 1.48. The molecule has 82 valence electrons. The summed E-state index contributed by atoms with van der Waals surface area (Å²) in [6.07, 6.45) is 1.01. The first-order valence-electron chi connectivity index (χ1n) is 4.35. The molecule has 0 unspecified atom stereocenters. The third kappa shape index (κ3) is 1.65. The van der Waals surface area contributed by atoms with Gasteiger partial charge in [-0.3, -0.25) is 0 Å². The van der Waals surface area contributed by atoms with Crippen LogP contribution in [0, 0.1) is 5.82 Å². The van der Waals surface area contributed by atoms with Gasteiger partial charge >= 0.3 is 5.97 Å². The Labute approximate surface area is 89.5 Å². The average Bonchev–Trinajstić information content (AvgIpc) is 2.27. The smallest absolute Gasteiger partial charge is 0.341 e. The Morgan fingerprint density at radius 2 is 2.25 bits per heavy atom. The molecule has 2 aromatic heterocycles. The lowest BCUT2D eigenvalue weighted by atomic mass is 10.2. The van der Waals surface area contributed by atoms with Crippen molar-refractivity contribution in [2.24, 2.45) is 0 Å². The Morgan fingerprint density at radius 1 is 1.50 bits per heavy atom. The van der Waals surface area contributed by atoms with Crippen molar-refractivity contribution in [3.8, 4) is 5.88 Å². The molecule has 0 saturated carbocycles. The topological polar surface area (TPSA) is 72.3 Å². The molecular formula is C10H7FN2O3. The summed E-state index contributed by atoms with van der Waals surface area (Å²) in [6, 6.07) is 2.45. The molecule has 0 aliphatic carbocycles. The number of pyridine rings is 2. The van der Waals surface area contributed by atoms with Crippen molar-refractivity contribution in [3.05, 3.63) is 29.7 Å². The van der Waals surface area contributed by atoms with Gasteiger partial charge < -0.3 is 9.84 Å². The van der Waals surface area contributed by atoms with Crippen LogP contribution in [0.4, 0.5) is 4.39 Å². The van der Waals surface area contributed by atoms with Gasteiger partial charge in [0.25, 0.3) is 0 Å². The Hall–Kier alpha value is -2.24. The standard InChI is InChI=1S/C10H7FN2O3/c1-16-9-7(10(14)15)3-5-2-6(11)4-12-8(5)13-9/h2-4H,1H3,(H,14,15). The van der Waals surface area contributed by atoms with Gasteiger partial charge in [0, 0.05) is 5.39 Å². The monoisotopic (exact) mass is 222 g/mol. The molecule has 0 fully saturated rings. The minimum absolute atomic E-state index is 0.0425. The Morgan fingerprint density at radius 3 is 2.88 bits per heavy atom. The van der Waals surface area contributed by atoms with E-state index in [0.29, 0.717) is 5.39 Å². The quantitative estimate of drug-likeness (QED) is 0.833. The first kappa shape index (κ1) is 10.3. The van der Waals surface area contributed by atoms with Crippen LogP contribution in [0.1, 0.15) is 10.4 Å². The van der Waals surface area contributed by atoms with E-state index in [1.54, 1.807) is 0 Å². The third-order valence-corrected chi connectivity index (χ3v) is 2.02. The summed E-state index contributed by atoms with van der Waals surface area (Å²) < 4.78 is 17.7. The lowest BCUT2D eigenvalue weighted by molar-refractivity contribution is 0.0692. The number of carbonyl (C=O) groups is 1. The summed E-state index contributed by atoms with van der Waals surface area (Å²) in [7, 11) is 1.31. The van der Waals surface area contributed by atoms with E-state index in [9.17, 15) is 9.18 Å². The van der Waals surface area contributed by atoms with Crippen molar-refractivity contribution in [1.29, 1.82) is 0 Å². The van der Waals surface area contributed by atoms with Crippen molar-refractivity contribution in [2.75, 3.05) is 7.11 Å². The van der Waals surface area contributed by atoms with E-state index >= 15 is 0 Å². The molecule has 0 saturated heterocycles. The zero-order valence-electron chi connectivity index (χ0n) is 8.27. The molecule has 16 heavy (non-hydrogen) atoms. The summed E-state index contributed by atoms with van der Waals surface area (Å²) >= 11 is 0. The van der Waals surface area contributed by atoms with Gasteiger partial charge in [-0.25, -0.2) is 14.2 Å². The molecule has 0 aliphatic rings. The Kier molecular flexibility index (Phi) is 2.40. The van der Waals surface area contributed by atoms with Gasteiger partial charge in [-0.15, -0.1) is 0 Å². The first-order valence-corrected chi connectivity index (χ1v) is 4.35. The number of hydrogen-bond donors (Lipinski definition) is 1. The number of aromatic carboxylic acids is 1. The molecule has 5 nitrogen and oxygen atoms in total. The third-order valence-electron chi connectivity index (χ3n) is 2.02. The number of aromatic nitrogens is 2. The van der Waals surface area contributed by atoms with Crippen LogP contribution < -0.4 is 4.74 Å². The number of nitrogens with zero attached hydrogens (tertiary/aromatic N) is 2. The van der Waals surface area contributed by atoms with Gasteiger partial charge in [-0.05, 0) is 12.1 Å². The van der Waals surface area contributed by atoms with Gasteiger partial charge in [-0.1, -0.05) is 0 Å². The summed E-state index contributed by atoms with van der Waals surface area (Å²) in [4.78, 5) is 18.5. The van der Waals surface area contributed by atoms with E-state index < -0.39 is 11.8 Å². The fourth-order valence-corrected chi connectivity index (χ4v) is 1.33. The molecule has 0 amide bonds. The Balaban J connectivity index is 2.75. The van der Waals surface area contributed by atoms with Crippen molar-refractivity contribution in [1.82, 2.24) is 9.97 Å². The van der Waals surface area contributed by atoms with Crippen LogP contribution in [0.5, 0.6) is 5.88 Å². The molecule has 0 spiro atoms. The number of carboxylic acid groups (broad SMARTS) is 1. The van der Waals surface area contributed by atoms with Crippen LogP contribution in [0.15, 0.2) is 18.3 Å². The summed E-state index contributed by atoms with van der Waals surface area (Å²) in [5.74, 6) is -1.77. The minimum Gasteiger partial charge on any atom is -0.480 e. The summed E-state index contributed by atoms with van der Waals surface area (Å²) in [6.45, 7) is 0. The molecule has 1 N–H and O–H groups in total. The van der Waals surface area contributed by atoms with Crippen molar-refractivity contribution in [2.45, 2.75) is 0 Å².